The van der Waals surface area contributed by atoms with Crippen molar-refractivity contribution in [1.29, 1.82) is 0 Å². The monoisotopic (exact) mass is 330 g/mol. The van der Waals surface area contributed by atoms with Gasteiger partial charge in [0.05, 0.1) is 11.0 Å². The summed E-state index contributed by atoms with van der Waals surface area (Å²) in [4.78, 5) is 12.5. The van der Waals surface area contributed by atoms with Crippen LogP contribution in [-0.4, -0.2) is 27.5 Å². The summed E-state index contributed by atoms with van der Waals surface area (Å²) in [5.74, 6) is -0.420. The van der Waals surface area contributed by atoms with Crippen LogP contribution in [0.1, 0.15) is 30.1 Å². The fourth-order valence-electron chi connectivity index (χ4n) is 2.85. The van der Waals surface area contributed by atoms with Crippen LogP contribution in [0, 0.1) is 15.9 Å². The summed E-state index contributed by atoms with van der Waals surface area (Å²) >= 11 is 0. The van der Waals surface area contributed by atoms with Crippen LogP contribution in [0.3, 0.4) is 0 Å². The fraction of sp³-hybridized carbons (Fsp3) is 0.333. The van der Waals surface area contributed by atoms with Crippen LogP contribution in [0.25, 0.3) is 0 Å². The van der Waals surface area contributed by atoms with Crippen molar-refractivity contribution in [3.63, 3.8) is 0 Å². The molecule has 0 amide bonds. The van der Waals surface area contributed by atoms with Gasteiger partial charge in [-0.2, -0.15) is 0 Å². The van der Waals surface area contributed by atoms with E-state index >= 15 is 0 Å². The van der Waals surface area contributed by atoms with Gasteiger partial charge in [0.25, 0.3) is 5.69 Å². The minimum absolute atomic E-state index is 0.0536. The quantitative estimate of drug-likeness (QED) is 0.624. The molecule has 1 atom stereocenters. The molecular formula is C18H19FN2O3. The average molecular weight is 330 g/mol. The molecule has 6 heteroatoms. The van der Waals surface area contributed by atoms with Crippen molar-refractivity contribution in [3.8, 4) is 0 Å². The van der Waals surface area contributed by atoms with Crippen LogP contribution in [0.2, 0.25) is 0 Å². The zero-order valence-corrected chi connectivity index (χ0v) is 13.1. The van der Waals surface area contributed by atoms with Gasteiger partial charge in [0, 0.05) is 36.8 Å². The minimum atomic E-state index is -0.925. The third-order valence-corrected chi connectivity index (χ3v) is 4.24. The van der Waals surface area contributed by atoms with Crippen molar-refractivity contribution in [2.75, 3.05) is 6.54 Å². The highest BCUT2D eigenvalue weighted by Gasteiger charge is 2.31. The van der Waals surface area contributed by atoms with Crippen LogP contribution in [0.15, 0.2) is 48.5 Å². The lowest BCUT2D eigenvalue weighted by Gasteiger charge is -2.25. The van der Waals surface area contributed by atoms with Crippen LogP contribution < -0.4 is 0 Å². The lowest BCUT2D eigenvalue weighted by Crippen LogP contribution is -2.30. The Balaban J connectivity index is 1.73. The van der Waals surface area contributed by atoms with Crippen molar-refractivity contribution >= 4 is 5.69 Å². The number of hydrogen-bond donors (Lipinski definition) is 1. The second-order valence-corrected chi connectivity index (χ2v) is 6.12. The molecule has 2 aromatic carbocycles. The van der Waals surface area contributed by atoms with Crippen molar-refractivity contribution in [1.82, 2.24) is 4.90 Å². The summed E-state index contributed by atoms with van der Waals surface area (Å²) < 4.78 is 13.8. The highest BCUT2D eigenvalue weighted by Crippen LogP contribution is 2.31. The van der Waals surface area contributed by atoms with Gasteiger partial charge < -0.3 is 5.11 Å². The van der Waals surface area contributed by atoms with E-state index in [2.05, 4.69) is 4.90 Å². The second-order valence-electron chi connectivity index (χ2n) is 6.12. The standard InChI is InChI=1S/C18H19FN2O3/c19-17-7-2-1-6-16(17)18(22)12-20(14-8-9-14)11-13-4-3-5-15(10-13)21(23)24/h1-7,10,14,18,22H,8-9,11-12H2. The molecule has 126 valence electrons. The van der Waals surface area contributed by atoms with Gasteiger partial charge in [-0.3, -0.25) is 15.0 Å². The predicted molar refractivity (Wildman–Crippen MR) is 87.9 cm³/mol. The van der Waals surface area contributed by atoms with E-state index in [0.29, 0.717) is 19.1 Å². The maximum Gasteiger partial charge on any atom is 0.269 e. The zero-order chi connectivity index (χ0) is 17.1. The molecule has 1 unspecified atom stereocenters. The van der Waals surface area contributed by atoms with Gasteiger partial charge in [-0.1, -0.05) is 30.3 Å². The Labute approximate surface area is 139 Å². The SMILES string of the molecule is O=[N+]([O-])c1cccc(CN(CC(O)c2ccccc2F)C2CC2)c1. The van der Waals surface area contributed by atoms with Gasteiger partial charge in [-0.25, -0.2) is 4.39 Å². The van der Waals surface area contributed by atoms with E-state index in [1.165, 1.54) is 12.1 Å². The molecule has 1 aliphatic carbocycles. The molecule has 5 nitrogen and oxygen atoms in total. The molecule has 0 aromatic heterocycles. The number of aliphatic hydroxyl groups excluding tert-OH is 1. The first-order valence-electron chi connectivity index (χ1n) is 7.94. The Morgan fingerprint density at radius 1 is 1.25 bits per heavy atom. The summed E-state index contributed by atoms with van der Waals surface area (Å²) in [5.41, 5.74) is 1.15. The molecule has 1 fully saturated rings. The smallest absolute Gasteiger partial charge is 0.269 e. The largest absolute Gasteiger partial charge is 0.387 e. The minimum Gasteiger partial charge on any atom is -0.387 e. The number of benzene rings is 2. The molecule has 3 rings (SSSR count). The van der Waals surface area contributed by atoms with Gasteiger partial charge in [0.1, 0.15) is 5.82 Å². The number of nitro benzene ring substituents is 1. The predicted octanol–water partition coefficient (Wildman–Crippen LogP) is 3.43. The molecule has 0 heterocycles. The Morgan fingerprint density at radius 3 is 2.67 bits per heavy atom. The molecular weight excluding hydrogens is 311 g/mol. The second kappa shape index (κ2) is 7.07. The molecule has 0 radical (unpaired) electrons. The normalized spacial score (nSPS) is 15.5. The van der Waals surface area contributed by atoms with Gasteiger partial charge >= 0.3 is 0 Å². The van der Waals surface area contributed by atoms with Gasteiger partial charge in [0.15, 0.2) is 0 Å². The molecule has 1 saturated carbocycles. The fourth-order valence-corrected chi connectivity index (χ4v) is 2.85. The summed E-state index contributed by atoms with van der Waals surface area (Å²) in [5, 5.41) is 21.3. The lowest BCUT2D eigenvalue weighted by molar-refractivity contribution is -0.384. The van der Waals surface area contributed by atoms with E-state index in [9.17, 15) is 19.6 Å². The first-order valence-corrected chi connectivity index (χ1v) is 7.94. The van der Waals surface area contributed by atoms with Crippen LogP contribution in [0.4, 0.5) is 10.1 Å². The molecule has 24 heavy (non-hydrogen) atoms. The third-order valence-electron chi connectivity index (χ3n) is 4.24. The van der Waals surface area contributed by atoms with Crippen LogP contribution >= 0.6 is 0 Å². The molecule has 0 aliphatic heterocycles. The Bertz CT molecular complexity index is 734. The maximum absolute atomic E-state index is 13.8. The van der Waals surface area contributed by atoms with Gasteiger partial charge in [-0.05, 0) is 24.5 Å². The summed E-state index contributed by atoms with van der Waals surface area (Å²) in [6.45, 7) is 0.798. The molecule has 2 aromatic rings. The van der Waals surface area contributed by atoms with Crippen molar-refractivity contribution in [3.05, 3.63) is 75.6 Å². The summed E-state index contributed by atoms with van der Waals surface area (Å²) in [6, 6.07) is 13.0. The highest BCUT2D eigenvalue weighted by molar-refractivity contribution is 5.34. The zero-order valence-electron chi connectivity index (χ0n) is 13.1. The van der Waals surface area contributed by atoms with E-state index in [4.69, 9.17) is 0 Å². The third kappa shape index (κ3) is 3.96. The first kappa shape index (κ1) is 16.5. The number of nitro groups is 1. The number of aliphatic hydroxyl groups is 1. The summed E-state index contributed by atoms with van der Waals surface area (Å²) in [7, 11) is 0. The molecule has 0 saturated heterocycles. The average Bonchev–Trinajstić information content (AvgIpc) is 3.39. The van der Waals surface area contributed by atoms with E-state index in [1.54, 1.807) is 30.3 Å². The van der Waals surface area contributed by atoms with Crippen molar-refractivity contribution < 1.29 is 14.4 Å². The topological polar surface area (TPSA) is 66.6 Å². The van der Waals surface area contributed by atoms with E-state index < -0.39 is 16.8 Å². The number of halogens is 1. The van der Waals surface area contributed by atoms with Gasteiger partial charge in [-0.15, -0.1) is 0 Å². The number of nitrogens with zero attached hydrogens (tertiary/aromatic N) is 2. The Kier molecular flexibility index (Phi) is 4.87. The van der Waals surface area contributed by atoms with Gasteiger partial charge in [0.2, 0.25) is 0 Å². The Hall–Kier alpha value is -2.31. The molecule has 1 aliphatic rings. The number of non-ortho nitro benzene ring substituents is 1. The van der Waals surface area contributed by atoms with E-state index in [1.807, 2.05) is 6.07 Å². The van der Waals surface area contributed by atoms with Crippen LogP contribution in [-0.2, 0) is 6.54 Å². The van der Waals surface area contributed by atoms with Crippen LogP contribution in [0.5, 0.6) is 0 Å². The van der Waals surface area contributed by atoms with E-state index in [-0.39, 0.29) is 11.3 Å². The summed E-state index contributed by atoms with van der Waals surface area (Å²) in [6.07, 6.45) is 1.13. The molecule has 0 bridgehead atoms. The number of rotatable bonds is 7. The maximum atomic E-state index is 13.8. The van der Waals surface area contributed by atoms with Crippen molar-refractivity contribution in [2.24, 2.45) is 0 Å². The van der Waals surface area contributed by atoms with Crippen molar-refractivity contribution in [2.45, 2.75) is 31.5 Å². The Morgan fingerprint density at radius 2 is 2.00 bits per heavy atom. The molecule has 0 spiro atoms. The number of hydrogen-bond acceptors (Lipinski definition) is 4. The lowest BCUT2D eigenvalue weighted by atomic mass is 10.1. The molecule has 1 N–H and O–H groups in total. The first-order chi connectivity index (χ1) is 11.5. The highest BCUT2D eigenvalue weighted by atomic mass is 19.1. The van der Waals surface area contributed by atoms with E-state index in [0.717, 1.165) is 18.4 Å².